The van der Waals surface area contributed by atoms with Crippen molar-refractivity contribution in [2.45, 2.75) is 37.6 Å². The average molecular weight is 350 g/mol. The van der Waals surface area contributed by atoms with Crippen LogP contribution in [0.15, 0.2) is 11.2 Å². The summed E-state index contributed by atoms with van der Waals surface area (Å²) in [6.07, 6.45) is 3.93. The van der Waals surface area contributed by atoms with E-state index in [0.29, 0.717) is 30.5 Å². The van der Waals surface area contributed by atoms with Crippen LogP contribution >= 0.6 is 0 Å². The number of aryl methyl sites for hydroxylation is 3. The molecule has 1 aliphatic carbocycles. The summed E-state index contributed by atoms with van der Waals surface area (Å²) in [6.45, 7) is 4.62. The van der Waals surface area contributed by atoms with E-state index in [0.717, 1.165) is 11.6 Å². The fourth-order valence-corrected chi connectivity index (χ4v) is 5.63. The van der Waals surface area contributed by atoms with Crippen molar-refractivity contribution in [3.05, 3.63) is 23.4 Å². The number of hydrogen-bond acceptors (Lipinski definition) is 5. The molecular weight excluding hydrogens is 328 g/mol. The SMILES string of the molecule is Cc1nc([C@@H]2CN(S(=O)(=O)c3c(C)cnn3C)C[C@H]2C2CC2)n[nH]1. The van der Waals surface area contributed by atoms with Gasteiger partial charge in [-0.05, 0) is 38.5 Å². The smallest absolute Gasteiger partial charge is 0.260 e. The van der Waals surface area contributed by atoms with E-state index in [-0.39, 0.29) is 10.9 Å². The second kappa shape index (κ2) is 5.38. The molecule has 1 aliphatic heterocycles. The normalized spacial score (nSPS) is 25.5. The molecule has 0 unspecified atom stereocenters. The number of aromatic amines is 1. The minimum Gasteiger partial charge on any atom is -0.263 e. The molecule has 8 nitrogen and oxygen atoms in total. The van der Waals surface area contributed by atoms with Crippen LogP contribution in [-0.2, 0) is 17.1 Å². The van der Waals surface area contributed by atoms with E-state index >= 15 is 0 Å². The van der Waals surface area contributed by atoms with Gasteiger partial charge in [0, 0.05) is 31.6 Å². The van der Waals surface area contributed by atoms with Crippen molar-refractivity contribution in [2.24, 2.45) is 18.9 Å². The van der Waals surface area contributed by atoms with Crippen LogP contribution in [0.1, 0.15) is 36.0 Å². The molecular formula is C15H22N6O2S. The Morgan fingerprint density at radius 1 is 1.25 bits per heavy atom. The lowest BCUT2D eigenvalue weighted by Gasteiger charge is -2.17. The van der Waals surface area contributed by atoms with Crippen molar-refractivity contribution < 1.29 is 8.42 Å². The number of sulfonamides is 1. The fourth-order valence-electron chi connectivity index (χ4n) is 3.82. The van der Waals surface area contributed by atoms with Crippen molar-refractivity contribution in [1.82, 2.24) is 29.3 Å². The molecule has 0 radical (unpaired) electrons. The Bertz CT molecular complexity index is 847. The Morgan fingerprint density at radius 2 is 2.00 bits per heavy atom. The van der Waals surface area contributed by atoms with Gasteiger partial charge in [0.05, 0.1) is 6.20 Å². The lowest BCUT2D eigenvalue weighted by atomic mass is 9.91. The minimum absolute atomic E-state index is 0.0609. The molecule has 2 aromatic rings. The van der Waals surface area contributed by atoms with Crippen LogP contribution in [0.4, 0.5) is 0 Å². The number of hydrogen-bond donors (Lipinski definition) is 1. The predicted molar refractivity (Wildman–Crippen MR) is 86.8 cm³/mol. The van der Waals surface area contributed by atoms with E-state index in [1.54, 1.807) is 24.5 Å². The molecule has 0 bridgehead atoms. The summed E-state index contributed by atoms with van der Waals surface area (Å²) >= 11 is 0. The molecule has 2 atom stereocenters. The number of nitrogens with one attached hydrogen (secondary N) is 1. The van der Waals surface area contributed by atoms with E-state index in [1.165, 1.54) is 17.5 Å². The van der Waals surface area contributed by atoms with Crippen molar-refractivity contribution in [2.75, 3.05) is 13.1 Å². The van der Waals surface area contributed by atoms with E-state index in [9.17, 15) is 8.42 Å². The molecule has 3 heterocycles. The quantitative estimate of drug-likeness (QED) is 0.886. The van der Waals surface area contributed by atoms with Crippen LogP contribution in [0.3, 0.4) is 0 Å². The van der Waals surface area contributed by atoms with E-state index < -0.39 is 10.0 Å². The highest BCUT2D eigenvalue weighted by Gasteiger charge is 2.48. The highest BCUT2D eigenvalue weighted by molar-refractivity contribution is 7.89. The molecule has 1 N–H and O–H groups in total. The third-order valence-electron chi connectivity index (χ3n) is 5.15. The second-order valence-corrected chi connectivity index (χ2v) is 8.82. The van der Waals surface area contributed by atoms with Crippen LogP contribution in [0.2, 0.25) is 0 Å². The molecule has 0 spiro atoms. The van der Waals surface area contributed by atoms with Gasteiger partial charge in [0.1, 0.15) is 5.82 Å². The van der Waals surface area contributed by atoms with Gasteiger partial charge in [-0.1, -0.05) is 0 Å². The molecule has 1 saturated carbocycles. The number of rotatable bonds is 4. The van der Waals surface area contributed by atoms with Crippen molar-refractivity contribution in [1.29, 1.82) is 0 Å². The first-order valence-corrected chi connectivity index (χ1v) is 9.69. The maximum atomic E-state index is 13.1. The third-order valence-corrected chi connectivity index (χ3v) is 7.20. The molecule has 2 fully saturated rings. The van der Waals surface area contributed by atoms with E-state index in [4.69, 9.17) is 0 Å². The van der Waals surface area contributed by atoms with Gasteiger partial charge < -0.3 is 0 Å². The first-order valence-electron chi connectivity index (χ1n) is 8.25. The molecule has 0 amide bonds. The van der Waals surface area contributed by atoms with Crippen LogP contribution in [-0.4, -0.2) is 50.8 Å². The third kappa shape index (κ3) is 2.46. The zero-order valence-electron chi connectivity index (χ0n) is 14.1. The summed E-state index contributed by atoms with van der Waals surface area (Å²) in [6, 6.07) is 0. The topological polar surface area (TPSA) is 96.8 Å². The highest BCUT2D eigenvalue weighted by atomic mass is 32.2. The number of H-pyrrole nitrogens is 1. The average Bonchev–Trinajstić information content (AvgIpc) is 2.95. The first kappa shape index (κ1) is 15.8. The Balaban J connectivity index is 1.68. The highest BCUT2D eigenvalue weighted by Crippen LogP contribution is 2.48. The molecule has 4 rings (SSSR count). The van der Waals surface area contributed by atoms with Crippen LogP contribution in [0.25, 0.3) is 0 Å². The van der Waals surface area contributed by atoms with Gasteiger partial charge in [-0.15, -0.1) is 0 Å². The number of aromatic nitrogens is 5. The molecule has 0 aromatic carbocycles. The Kier molecular flexibility index (Phi) is 3.54. The van der Waals surface area contributed by atoms with Gasteiger partial charge in [0.15, 0.2) is 10.9 Å². The standard InChI is InChI=1S/C15H22N6O2S/c1-9-6-16-20(3)15(9)24(22,23)21-7-12(11-4-5-11)13(8-21)14-17-10(2)18-19-14/h6,11-13H,4-5,7-8H2,1-3H3,(H,17,18,19)/t12-,13+/m0/s1. The van der Waals surface area contributed by atoms with Gasteiger partial charge >= 0.3 is 0 Å². The van der Waals surface area contributed by atoms with Crippen LogP contribution < -0.4 is 0 Å². The molecule has 2 aliphatic rings. The molecule has 130 valence electrons. The van der Waals surface area contributed by atoms with Gasteiger partial charge in [-0.3, -0.25) is 9.78 Å². The second-order valence-electron chi connectivity index (χ2n) is 6.97. The van der Waals surface area contributed by atoms with Crippen molar-refractivity contribution >= 4 is 10.0 Å². The summed E-state index contributed by atoms with van der Waals surface area (Å²) in [7, 11) is -1.89. The molecule has 2 aromatic heterocycles. The summed E-state index contributed by atoms with van der Waals surface area (Å²) < 4.78 is 29.3. The zero-order chi connectivity index (χ0) is 17.1. The maximum Gasteiger partial charge on any atom is 0.260 e. The van der Waals surface area contributed by atoms with Crippen LogP contribution in [0, 0.1) is 25.7 Å². The Morgan fingerprint density at radius 3 is 2.54 bits per heavy atom. The molecule has 24 heavy (non-hydrogen) atoms. The predicted octanol–water partition coefficient (Wildman–Crippen LogP) is 0.969. The van der Waals surface area contributed by atoms with Crippen LogP contribution in [0.5, 0.6) is 0 Å². The maximum absolute atomic E-state index is 13.1. The van der Waals surface area contributed by atoms with Gasteiger partial charge in [0.2, 0.25) is 0 Å². The van der Waals surface area contributed by atoms with E-state index in [1.807, 2.05) is 6.92 Å². The number of nitrogens with zero attached hydrogens (tertiary/aromatic N) is 5. The lowest BCUT2D eigenvalue weighted by molar-refractivity contribution is 0.421. The van der Waals surface area contributed by atoms with Gasteiger partial charge in [-0.2, -0.15) is 14.5 Å². The molecule has 1 saturated heterocycles. The summed E-state index contributed by atoms with van der Waals surface area (Å²) in [5.41, 5.74) is 0.678. The fraction of sp³-hybridized carbons (Fsp3) is 0.667. The summed E-state index contributed by atoms with van der Waals surface area (Å²) in [4.78, 5) is 4.46. The Labute approximate surface area is 141 Å². The zero-order valence-corrected chi connectivity index (χ0v) is 14.9. The summed E-state index contributed by atoms with van der Waals surface area (Å²) in [5, 5.41) is 11.5. The lowest BCUT2D eigenvalue weighted by Crippen LogP contribution is -2.31. The van der Waals surface area contributed by atoms with Crippen molar-refractivity contribution in [3.63, 3.8) is 0 Å². The van der Waals surface area contributed by atoms with E-state index in [2.05, 4.69) is 20.3 Å². The first-order chi connectivity index (χ1) is 11.4. The largest absolute Gasteiger partial charge is 0.263 e. The van der Waals surface area contributed by atoms with Gasteiger partial charge in [-0.25, -0.2) is 13.4 Å². The monoisotopic (exact) mass is 350 g/mol. The van der Waals surface area contributed by atoms with Crippen molar-refractivity contribution in [3.8, 4) is 0 Å². The molecule has 9 heteroatoms. The minimum atomic E-state index is -3.56. The Hall–Kier alpha value is -1.74. The summed E-state index contributed by atoms with van der Waals surface area (Å²) in [5.74, 6) is 2.45. The van der Waals surface area contributed by atoms with Gasteiger partial charge in [0.25, 0.3) is 10.0 Å².